The molecular formula is C29H31Cl2F3N4O7. The van der Waals surface area contributed by atoms with Gasteiger partial charge in [0.2, 0.25) is 5.95 Å². The third kappa shape index (κ3) is 9.01. The molecular weight excluding hydrogens is 644 g/mol. The Kier molecular flexibility index (Phi) is 11.7. The molecule has 0 saturated heterocycles. The van der Waals surface area contributed by atoms with E-state index in [1.165, 1.54) is 27.7 Å². The molecule has 45 heavy (non-hydrogen) atoms. The van der Waals surface area contributed by atoms with Crippen LogP contribution in [0, 0.1) is 0 Å². The van der Waals surface area contributed by atoms with Crippen LogP contribution in [0.1, 0.15) is 61.0 Å². The van der Waals surface area contributed by atoms with E-state index in [9.17, 15) is 32.3 Å². The average Bonchev–Trinajstić information content (AvgIpc) is 2.97. The second-order valence-corrected chi connectivity index (χ2v) is 11.2. The largest absolute Gasteiger partial charge is 0.479 e. The summed E-state index contributed by atoms with van der Waals surface area (Å²) in [4.78, 5) is 52.8. The fourth-order valence-corrected chi connectivity index (χ4v) is 4.89. The van der Waals surface area contributed by atoms with Gasteiger partial charge < -0.3 is 19.5 Å². The van der Waals surface area contributed by atoms with Crippen LogP contribution in [0.3, 0.4) is 0 Å². The van der Waals surface area contributed by atoms with Crippen LogP contribution >= 0.6 is 23.2 Å². The van der Waals surface area contributed by atoms with Gasteiger partial charge in [-0.15, -0.1) is 0 Å². The first-order valence-corrected chi connectivity index (χ1v) is 14.4. The van der Waals surface area contributed by atoms with Crippen LogP contribution in [-0.4, -0.2) is 51.4 Å². The van der Waals surface area contributed by atoms with Gasteiger partial charge in [0.25, 0.3) is 0 Å². The summed E-state index contributed by atoms with van der Waals surface area (Å²) in [6.45, 7) is 1.16. The Morgan fingerprint density at radius 1 is 1.04 bits per heavy atom. The van der Waals surface area contributed by atoms with E-state index in [1.807, 2.05) is 0 Å². The maximum absolute atomic E-state index is 12.7. The standard InChI is InChI=1S/C17H11Cl2F3O5.C12H20N4O2/c1-8(15(23)24)26-16(25)11-7-10(3-4-12(11)18)27-14-5-2-9(6-13(14)19)17(20,21)22;1-14(2)10-13-11(17)16(12(18)15(10)3)9-7-5-4-6-8-9/h2-8H,1H3,(H,23,24);9H,4-8H2,1-3H3/t8-;/m0./s1. The lowest BCUT2D eigenvalue weighted by Crippen LogP contribution is -2.45. The van der Waals surface area contributed by atoms with Crippen LogP contribution in [-0.2, 0) is 22.8 Å². The fraction of sp³-hybridized carbons (Fsp3) is 0.414. The fourth-order valence-electron chi connectivity index (χ4n) is 4.48. The molecule has 0 aliphatic heterocycles. The number of anilines is 1. The van der Waals surface area contributed by atoms with Crippen molar-refractivity contribution in [2.24, 2.45) is 7.05 Å². The second kappa shape index (κ2) is 14.8. The second-order valence-electron chi connectivity index (χ2n) is 10.4. The van der Waals surface area contributed by atoms with Crippen molar-refractivity contribution in [1.82, 2.24) is 14.1 Å². The number of ether oxygens (including phenoxy) is 2. The van der Waals surface area contributed by atoms with Crippen molar-refractivity contribution in [2.75, 3.05) is 19.0 Å². The van der Waals surface area contributed by atoms with Crippen molar-refractivity contribution in [3.8, 4) is 11.5 Å². The summed E-state index contributed by atoms with van der Waals surface area (Å²) in [7, 11) is 5.20. The van der Waals surface area contributed by atoms with Crippen molar-refractivity contribution in [3.05, 3.63) is 78.5 Å². The van der Waals surface area contributed by atoms with E-state index in [-0.39, 0.29) is 38.8 Å². The third-order valence-electron chi connectivity index (χ3n) is 6.81. The molecule has 16 heteroatoms. The van der Waals surface area contributed by atoms with Gasteiger partial charge in [0.15, 0.2) is 6.10 Å². The van der Waals surface area contributed by atoms with Gasteiger partial charge in [0, 0.05) is 27.2 Å². The third-order valence-corrected chi connectivity index (χ3v) is 7.44. The summed E-state index contributed by atoms with van der Waals surface area (Å²) >= 11 is 11.7. The number of hydrogen-bond donors (Lipinski definition) is 1. The molecule has 4 rings (SSSR count). The minimum atomic E-state index is -4.56. The van der Waals surface area contributed by atoms with Crippen LogP contribution < -0.4 is 21.0 Å². The molecule has 1 saturated carbocycles. The van der Waals surface area contributed by atoms with Gasteiger partial charge in [-0.05, 0) is 56.2 Å². The molecule has 0 unspecified atom stereocenters. The average molecular weight is 675 g/mol. The number of aliphatic carboxylic acids is 1. The first-order valence-electron chi connectivity index (χ1n) is 13.7. The molecule has 244 valence electrons. The van der Waals surface area contributed by atoms with Gasteiger partial charge in [0.1, 0.15) is 11.5 Å². The molecule has 1 fully saturated rings. The van der Waals surface area contributed by atoms with E-state index < -0.39 is 35.5 Å². The monoisotopic (exact) mass is 674 g/mol. The van der Waals surface area contributed by atoms with E-state index in [1.54, 1.807) is 26.0 Å². The number of esters is 1. The van der Waals surface area contributed by atoms with Gasteiger partial charge >= 0.3 is 29.5 Å². The Morgan fingerprint density at radius 2 is 1.69 bits per heavy atom. The van der Waals surface area contributed by atoms with Crippen LogP contribution in [0.15, 0.2) is 46.0 Å². The van der Waals surface area contributed by atoms with Crippen LogP contribution in [0.2, 0.25) is 10.0 Å². The molecule has 1 aliphatic carbocycles. The summed E-state index contributed by atoms with van der Waals surface area (Å²) < 4.78 is 50.9. The first kappa shape index (κ1) is 35.4. The molecule has 0 bridgehead atoms. The zero-order valence-corrected chi connectivity index (χ0v) is 26.2. The minimum Gasteiger partial charge on any atom is -0.479 e. The Balaban J connectivity index is 0.000000265. The summed E-state index contributed by atoms with van der Waals surface area (Å²) in [6, 6.07) is 6.35. The molecule has 0 amide bonds. The quantitative estimate of drug-likeness (QED) is 0.302. The summed E-state index contributed by atoms with van der Waals surface area (Å²) in [6.07, 6.45) is -0.807. The first-order chi connectivity index (χ1) is 21.0. The van der Waals surface area contributed by atoms with Gasteiger partial charge in [0.05, 0.1) is 21.2 Å². The number of benzene rings is 2. The maximum Gasteiger partial charge on any atom is 0.416 e. The van der Waals surface area contributed by atoms with E-state index in [0.717, 1.165) is 50.8 Å². The number of carbonyl (C=O) groups excluding carboxylic acids is 1. The predicted molar refractivity (Wildman–Crippen MR) is 161 cm³/mol. The molecule has 1 atom stereocenters. The summed E-state index contributed by atoms with van der Waals surface area (Å²) in [5.41, 5.74) is -1.80. The summed E-state index contributed by atoms with van der Waals surface area (Å²) in [5.74, 6) is -1.99. The number of alkyl halides is 3. The molecule has 2 aromatic carbocycles. The topological polar surface area (TPSA) is 133 Å². The zero-order chi connectivity index (χ0) is 33.6. The van der Waals surface area contributed by atoms with Gasteiger partial charge in [-0.3, -0.25) is 4.57 Å². The SMILES string of the molecule is CN(C)c1nc(=O)n(C2CCCCC2)c(=O)n1C.C[C@H](OC(=O)c1cc(Oc2ccc(C(F)(F)F)cc2Cl)ccc1Cl)C(=O)O. The number of halogens is 5. The molecule has 11 nitrogen and oxygen atoms in total. The van der Waals surface area contributed by atoms with Gasteiger partial charge in [-0.2, -0.15) is 18.2 Å². The Morgan fingerprint density at radius 3 is 2.24 bits per heavy atom. The highest BCUT2D eigenvalue weighted by Gasteiger charge is 2.31. The lowest BCUT2D eigenvalue weighted by atomic mass is 9.95. The molecule has 0 spiro atoms. The lowest BCUT2D eigenvalue weighted by Gasteiger charge is -2.24. The number of carboxylic acids is 1. The highest BCUT2D eigenvalue weighted by atomic mass is 35.5. The predicted octanol–water partition coefficient (Wildman–Crippen LogP) is 5.95. The highest BCUT2D eigenvalue weighted by Crippen LogP contribution is 2.37. The van der Waals surface area contributed by atoms with E-state index in [4.69, 9.17) is 37.8 Å². The Bertz CT molecular complexity index is 1670. The van der Waals surface area contributed by atoms with Crippen molar-refractivity contribution in [2.45, 2.75) is 57.3 Å². The normalized spacial score (nSPS) is 14.2. The van der Waals surface area contributed by atoms with E-state index in [0.29, 0.717) is 12.0 Å². The van der Waals surface area contributed by atoms with Crippen LogP contribution in [0.25, 0.3) is 0 Å². The van der Waals surface area contributed by atoms with Crippen molar-refractivity contribution >= 4 is 41.1 Å². The smallest absolute Gasteiger partial charge is 0.416 e. The number of rotatable bonds is 7. The number of carboxylic acid groups (broad SMARTS) is 1. The van der Waals surface area contributed by atoms with Crippen molar-refractivity contribution < 1.29 is 37.3 Å². The maximum atomic E-state index is 12.7. The number of hydrogen-bond acceptors (Lipinski definition) is 8. The van der Waals surface area contributed by atoms with Crippen molar-refractivity contribution in [3.63, 3.8) is 0 Å². The molecule has 3 aromatic rings. The van der Waals surface area contributed by atoms with Crippen molar-refractivity contribution in [1.29, 1.82) is 0 Å². The molecule has 1 heterocycles. The Hall–Kier alpha value is -4.04. The number of nitrogens with zero attached hydrogens (tertiary/aromatic N) is 4. The van der Waals surface area contributed by atoms with Crippen LogP contribution in [0.4, 0.5) is 19.1 Å². The highest BCUT2D eigenvalue weighted by molar-refractivity contribution is 6.33. The van der Waals surface area contributed by atoms with Gasteiger partial charge in [-0.1, -0.05) is 42.5 Å². The molecule has 1 aliphatic rings. The zero-order valence-electron chi connectivity index (χ0n) is 24.7. The van der Waals surface area contributed by atoms with E-state index >= 15 is 0 Å². The molecule has 1 aromatic heterocycles. The lowest BCUT2D eigenvalue weighted by molar-refractivity contribution is -0.146. The number of carbonyl (C=O) groups is 2. The molecule has 0 radical (unpaired) electrons. The Labute approximate surface area is 265 Å². The summed E-state index contributed by atoms with van der Waals surface area (Å²) in [5, 5.41) is 8.46. The molecule has 1 N–H and O–H groups in total. The van der Waals surface area contributed by atoms with E-state index in [2.05, 4.69) is 4.98 Å². The van der Waals surface area contributed by atoms with Gasteiger partial charge in [-0.25, -0.2) is 23.7 Å². The number of aromatic nitrogens is 3. The minimum absolute atomic E-state index is 0.0219. The van der Waals surface area contributed by atoms with Crippen LogP contribution in [0.5, 0.6) is 11.5 Å².